The van der Waals surface area contributed by atoms with Gasteiger partial charge in [0.15, 0.2) is 0 Å². The zero-order chi connectivity index (χ0) is 18.6. The monoisotopic (exact) mass is 364 g/mol. The third-order valence-corrected chi connectivity index (χ3v) is 4.31. The lowest BCUT2D eigenvalue weighted by Crippen LogP contribution is -2.36. The number of hydrogen-bond donors (Lipinski definition) is 0. The van der Waals surface area contributed by atoms with Crippen molar-refractivity contribution in [1.29, 1.82) is 0 Å². The summed E-state index contributed by atoms with van der Waals surface area (Å²) >= 11 is 0. The Morgan fingerprint density at radius 1 is 1.04 bits per heavy atom. The molecular formula is C18H19F3N4O. The maximum absolute atomic E-state index is 12.8. The molecule has 1 aliphatic rings. The third kappa shape index (κ3) is 4.50. The van der Waals surface area contributed by atoms with Crippen LogP contribution in [0.15, 0.2) is 42.7 Å². The molecule has 26 heavy (non-hydrogen) atoms. The Labute approximate surface area is 149 Å². The van der Waals surface area contributed by atoms with Crippen LogP contribution in [-0.4, -0.2) is 47.0 Å². The maximum atomic E-state index is 12.8. The fourth-order valence-electron chi connectivity index (χ4n) is 2.98. The first kappa shape index (κ1) is 18.2. The average molecular weight is 364 g/mol. The Balaban J connectivity index is 1.62. The van der Waals surface area contributed by atoms with Crippen molar-refractivity contribution in [1.82, 2.24) is 14.9 Å². The molecule has 2 aromatic rings. The minimum atomic E-state index is -4.51. The Bertz CT molecular complexity index is 752. The third-order valence-electron chi connectivity index (χ3n) is 4.31. The number of aromatic nitrogens is 2. The number of halogens is 3. The van der Waals surface area contributed by atoms with Gasteiger partial charge in [-0.1, -0.05) is 6.07 Å². The van der Waals surface area contributed by atoms with Crippen LogP contribution in [0.4, 0.5) is 18.9 Å². The Kier molecular flexibility index (Phi) is 5.39. The van der Waals surface area contributed by atoms with Gasteiger partial charge in [0.05, 0.1) is 12.1 Å². The van der Waals surface area contributed by atoms with Crippen molar-refractivity contribution < 1.29 is 18.0 Å². The first-order chi connectivity index (χ1) is 12.4. The van der Waals surface area contributed by atoms with Crippen LogP contribution in [0.2, 0.25) is 0 Å². The highest BCUT2D eigenvalue weighted by atomic mass is 19.4. The van der Waals surface area contributed by atoms with Crippen molar-refractivity contribution >= 4 is 11.6 Å². The fraction of sp³-hybridized carbons (Fsp3) is 0.389. The molecule has 0 radical (unpaired) electrons. The molecule has 0 saturated carbocycles. The van der Waals surface area contributed by atoms with E-state index in [0.717, 1.165) is 24.7 Å². The molecule has 2 aromatic heterocycles. The van der Waals surface area contributed by atoms with E-state index in [2.05, 4.69) is 14.9 Å². The minimum Gasteiger partial charge on any atom is -0.370 e. The molecule has 0 atom stereocenters. The standard InChI is InChI=1S/C18H19F3N4O/c19-18(20,21)16-4-1-3-14(23-16)13-17(26)25-10-2-9-24(11-12-25)15-5-7-22-8-6-15/h1,3-8H,2,9-13H2. The molecule has 1 amide bonds. The molecule has 0 spiro atoms. The summed E-state index contributed by atoms with van der Waals surface area (Å²) in [7, 11) is 0. The van der Waals surface area contributed by atoms with Crippen molar-refractivity contribution in [3.05, 3.63) is 54.1 Å². The van der Waals surface area contributed by atoms with E-state index in [0.29, 0.717) is 19.6 Å². The molecule has 5 nitrogen and oxygen atoms in total. The zero-order valence-electron chi connectivity index (χ0n) is 14.1. The Hall–Kier alpha value is -2.64. The lowest BCUT2D eigenvalue weighted by molar-refractivity contribution is -0.141. The molecule has 3 heterocycles. The second kappa shape index (κ2) is 7.72. The fourth-order valence-corrected chi connectivity index (χ4v) is 2.98. The summed E-state index contributed by atoms with van der Waals surface area (Å²) in [4.78, 5) is 24.0. The predicted molar refractivity (Wildman–Crippen MR) is 90.6 cm³/mol. The van der Waals surface area contributed by atoms with Crippen molar-refractivity contribution in [3.8, 4) is 0 Å². The maximum Gasteiger partial charge on any atom is 0.433 e. The summed E-state index contributed by atoms with van der Waals surface area (Å²) in [5.41, 5.74) is 0.219. The number of alkyl halides is 3. The van der Waals surface area contributed by atoms with Crippen LogP contribution in [-0.2, 0) is 17.4 Å². The van der Waals surface area contributed by atoms with E-state index in [-0.39, 0.29) is 18.0 Å². The van der Waals surface area contributed by atoms with Gasteiger partial charge in [-0.2, -0.15) is 13.2 Å². The van der Waals surface area contributed by atoms with Crippen LogP contribution in [0.25, 0.3) is 0 Å². The second-order valence-corrected chi connectivity index (χ2v) is 6.12. The van der Waals surface area contributed by atoms with Crippen LogP contribution in [0.3, 0.4) is 0 Å². The molecule has 1 fully saturated rings. The van der Waals surface area contributed by atoms with Crippen LogP contribution >= 0.6 is 0 Å². The highest BCUT2D eigenvalue weighted by Crippen LogP contribution is 2.27. The van der Waals surface area contributed by atoms with Gasteiger partial charge in [0.1, 0.15) is 5.69 Å². The lowest BCUT2D eigenvalue weighted by atomic mass is 10.2. The first-order valence-electron chi connectivity index (χ1n) is 8.39. The van der Waals surface area contributed by atoms with Gasteiger partial charge in [-0.15, -0.1) is 0 Å². The van der Waals surface area contributed by atoms with Crippen molar-refractivity contribution in [2.24, 2.45) is 0 Å². The van der Waals surface area contributed by atoms with Gasteiger partial charge < -0.3 is 9.80 Å². The molecule has 0 N–H and O–H groups in total. The van der Waals surface area contributed by atoms with Crippen LogP contribution in [0.5, 0.6) is 0 Å². The molecular weight excluding hydrogens is 345 g/mol. The smallest absolute Gasteiger partial charge is 0.370 e. The number of rotatable bonds is 3. The summed E-state index contributed by atoms with van der Waals surface area (Å²) in [6.07, 6.45) is -0.388. The normalized spacial score (nSPS) is 15.7. The number of carbonyl (C=O) groups is 1. The summed E-state index contributed by atoms with van der Waals surface area (Å²) in [6.45, 7) is 2.60. The number of amides is 1. The molecule has 0 aliphatic carbocycles. The van der Waals surface area contributed by atoms with Crippen molar-refractivity contribution in [2.45, 2.75) is 19.0 Å². The summed E-state index contributed by atoms with van der Waals surface area (Å²) in [5.74, 6) is -0.201. The van der Waals surface area contributed by atoms with E-state index in [4.69, 9.17) is 0 Å². The topological polar surface area (TPSA) is 49.3 Å². The molecule has 1 aliphatic heterocycles. The van der Waals surface area contributed by atoms with Gasteiger partial charge in [0.25, 0.3) is 0 Å². The Morgan fingerprint density at radius 2 is 1.81 bits per heavy atom. The van der Waals surface area contributed by atoms with Gasteiger partial charge in [-0.3, -0.25) is 9.78 Å². The number of anilines is 1. The number of pyridine rings is 2. The highest BCUT2D eigenvalue weighted by Gasteiger charge is 2.32. The molecule has 0 unspecified atom stereocenters. The number of hydrogen-bond acceptors (Lipinski definition) is 4. The van der Waals surface area contributed by atoms with Crippen LogP contribution in [0, 0.1) is 0 Å². The van der Waals surface area contributed by atoms with Gasteiger partial charge in [0.2, 0.25) is 5.91 Å². The largest absolute Gasteiger partial charge is 0.433 e. The first-order valence-corrected chi connectivity index (χ1v) is 8.39. The van der Waals surface area contributed by atoms with E-state index >= 15 is 0 Å². The van der Waals surface area contributed by atoms with Gasteiger partial charge in [-0.05, 0) is 30.7 Å². The Morgan fingerprint density at radius 3 is 2.54 bits per heavy atom. The molecule has 3 rings (SSSR count). The SMILES string of the molecule is O=C(Cc1cccc(C(F)(F)F)n1)N1CCCN(c2ccncc2)CC1. The van der Waals surface area contributed by atoms with Gasteiger partial charge in [-0.25, -0.2) is 4.98 Å². The second-order valence-electron chi connectivity index (χ2n) is 6.12. The quantitative estimate of drug-likeness (QED) is 0.840. The van der Waals surface area contributed by atoms with E-state index < -0.39 is 11.9 Å². The van der Waals surface area contributed by atoms with E-state index in [1.54, 1.807) is 17.3 Å². The summed E-state index contributed by atoms with van der Waals surface area (Å²) < 4.78 is 38.3. The van der Waals surface area contributed by atoms with Crippen molar-refractivity contribution in [2.75, 3.05) is 31.1 Å². The van der Waals surface area contributed by atoms with E-state index in [1.807, 2.05) is 12.1 Å². The summed E-state index contributed by atoms with van der Waals surface area (Å²) in [5, 5.41) is 0. The number of carbonyl (C=O) groups excluding carboxylic acids is 1. The zero-order valence-corrected chi connectivity index (χ0v) is 14.1. The highest BCUT2D eigenvalue weighted by molar-refractivity contribution is 5.78. The number of nitrogens with zero attached hydrogens (tertiary/aromatic N) is 4. The van der Waals surface area contributed by atoms with Gasteiger partial charge in [0, 0.05) is 44.3 Å². The van der Waals surface area contributed by atoms with E-state index in [1.165, 1.54) is 12.1 Å². The molecule has 0 aromatic carbocycles. The summed E-state index contributed by atoms with van der Waals surface area (Å²) in [6, 6.07) is 7.49. The molecule has 138 valence electrons. The molecule has 8 heteroatoms. The van der Waals surface area contributed by atoms with Crippen LogP contribution < -0.4 is 4.90 Å². The average Bonchev–Trinajstić information content (AvgIpc) is 2.88. The predicted octanol–water partition coefficient (Wildman–Crippen LogP) is 2.78. The minimum absolute atomic E-state index is 0.126. The lowest BCUT2D eigenvalue weighted by Gasteiger charge is -2.23. The van der Waals surface area contributed by atoms with Crippen molar-refractivity contribution in [3.63, 3.8) is 0 Å². The van der Waals surface area contributed by atoms with Crippen LogP contribution in [0.1, 0.15) is 17.8 Å². The molecule has 0 bridgehead atoms. The molecule has 1 saturated heterocycles. The van der Waals surface area contributed by atoms with E-state index in [9.17, 15) is 18.0 Å². The van der Waals surface area contributed by atoms with Gasteiger partial charge >= 0.3 is 6.18 Å².